The van der Waals surface area contributed by atoms with E-state index in [0.717, 1.165) is 38.8 Å². The average molecular weight is 331 g/mol. The van der Waals surface area contributed by atoms with Gasteiger partial charge in [-0.3, -0.25) is 0 Å². The van der Waals surface area contributed by atoms with E-state index in [2.05, 4.69) is 53.9 Å². The predicted octanol–water partition coefficient (Wildman–Crippen LogP) is 5.73. The number of hydrogen-bond donors (Lipinski definition) is 0. The summed E-state index contributed by atoms with van der Waals surface area (Å²) in [6.45, 7) is 0. The van der Waals surface area contributed by atoms with Crippen LogP contribution in [0.25, 0.3) is 0 Å². The first kappa shape index (κ1) is 14.3. The number of rotatable bonds is 1. The Morgan fingerprint density at radius 1 is 0.727 bits per heavy atom. The molecule has 2 aliphatic carbocycles. The van der Waals surface area contributed by atoms with Gasteiger partial charge in [-0.05, 0) is 55.4 Å². The summed E-state index contributed by atoms with van der Waals surface area (Å²) in [5, 5.41) is 4.02. The van der Waals surface area contributed by atoms with Gasteiger partial charge in [-0.15, -0.1) is 0 Å². The molecule has 0 nitrogen and oxygen atoms in total. The highest BCUT2D eigenvalue weighted by molar-refractivity contribution is 8.06. The van der Waals surface area contributed by atoms with E-state index < -0.39 is 0 Å². The summed E-state index contributed by atoms with van der Waals surface area (Å²) in [6.07, 6.45) is 10.4. The zero-order valence-corrected chi connectivity index (χ0v) is 14.8. The Morgan fingerprint density at radius 3 is 2.32 bits per heavy atom. The maximum Gasteiger partial charge on any atom is 0.0211 e. The topological polar surface area (TPSA) is 0 Å². The third kappa shape index (κ3) is 2.28. The van der Waals surface area contributed by atoms with Gasteiger partial charge in [0.1, 0.15) is 0 Å². The fraction of sp³-hybridized carbons (Fsp3) is 0.700. The molecule has 7 atom stereocenters. The molecule has 0 bridgehead atoms. The third-order valence-electron chi connectivity index (χ3n) is 6.70. The lowest BCUT2D eigenvalue weighted by atomic mass is 9.75. The fourth-order valence-corrected chi connectivity index (χ4v) is 10.5. The van der Waals surface area contributed by atoms with Crippen LogP contribution >= 0.6 is 23.5 Å². The maximum absolute atomic E-state index is 2.43. The van der Waals surface area contributed by atoms with Crippen molar-refractivity contribution in [3.8, 4) is 0 Å². The van der Waals surface area contributed by atoms with Gasteiger partial charge in [0, 0.05) is 21.0 Å². The van der Waals surface area contributed by atoms with Gasteiger partial charge in [-0.2, -0.15) is 23.5 Å². The van der Waals surface area contributed by atoms with Gasteiger partial charge in [0.05, 0.1) is 0 Å². The molecule has 0 aromatic heterocycles. The summed E-state index contributed by atoms with van der Waals surface area (Å²) in [5.41, 5.74) is 1.60. The average Bonchev–Trinajstić information content (AvgIpc) is 3.11. The molecule has 5 rings (SSSR count). The second-order valence-electron chi connectivity index (χ2n) is 7.81. The molecule has 0 radical (unpaired) electrons. The first-order valence-corrected chi connectivity index (χ1v) is 11.1. The summed E-state index contributed by atoms with van der Waals surface area (Å²) < 4.78 is 0. The number of thioether (sulfide) groups is 2. The summed E-state index contributed by atoms with van der Waals surface area (Å²) in [5.74, 6) is 2.93. The lowest BCUT2D eigenvalue weighted by molar-refractivity contribution is 0.325. The monoisotopic (exact) mass is 330 g/mol. The summed E-state index contributed by atoms with van der Waals surface area (Å²) >= 11 is 4.86. The smallest absolute Gasteiger partial charge is 0.0211 e. The second-order valence-corrected chi connectivity index (χ2v) is 10.7. The first-order chi connectivity index (χ1) is 10.9. The second kappa shape index (κ2) is 5.77. The lowest BCUT2D eigenvalue weighted by Crippen LogP contribution is -2.28. The van der Waals surface area contributed by atoms with Crippen molar-refractivity contribution in [1.29, 1.82) is 0 Å². The Bertz CT molecular complexity index is 528. The molecule has 4 fully saturated rings. The van der Waals surface area contributed by atoms with Gasteiger partial charge in [-0.1, -0.05) is 43.2 Å². The summed E-state index contributed by atoms with van der Waals surface area (Å²) in [4.78, 5) is 0. The maximum atomic E-state index is 2.43. The molecule has 0 amide bonds. The van der Waals surface area contributed by atoms with Crippen LogP contribution in [0.4, 0.5) is 0 Å². The minimum atomic E-state index is 0.834. The molecule has 1 aromatic rings. The highest BCUT2D eigenvalue weighted by Gasteiger charge is 2.55. The molecule has 2 saturated carbocycles. The molecular formula is C20H26S2. The molecule has 2 saturated heterocycles. The Labute approximate surface area is 143 Å². The molecule has 0 N–H and O–H groups in total. The van der Waals surface area contributed by atoms with Crippen molar-refractivity contribution in [2.24, 2.45) is 11.8 Å². The van der Waals surface area contributed by atoms with Crippen LogP contribution in [0.5, 0.6) is 0 Å². The van der Waals surface area contributed by atoms with E-state index in [1.165, 1.54) is 44.9 Å². The fourth-order valence-electron chi connectivity index (χ4n) is 5.63. The van der Waals surface area contributed by atoms with E-state index >= 15 is 0 Å². The molecule has 118 valence electrons. The van der Waals surface area contributed by atoms with Crippen LogP contribution in [0.2, 0.25) is 0 Å². The quantitative estimate of drug-likeness (QED) is 0.645. The van der Waals surface area contributed by atoms with Crippen LogP contribution in [-0.4, -0.2) is 21.0 Å². The molecular weight excluding hydrogens is 304 g/mol. The van der Waals surface area contributed by atoms with Crippen LogP contribution in [-0.2, 0) is 0 Å². The van der Waals surface area contributed by atoms with Crippen molar-refractivity contribution in [3.05, 3.63) is 35.9 Å². The lowest BCUT2D eigenvalue weighted by Gasteiger charge is -2.34. The zero-order chi connectivity index (χ0) is 14.5. The van der Waals surface area contributed by atoms with E-state index in [4.69, 9.17) is 0 Å². The van der Waals surface area contributed by atoms with Crippen molar-refractivity contribution in [2.75, 3.05) is 0 Å². The van der Waals surface area contributed by atoms with Gasteiger partial charge < -0.3 is 0 Å². The molecule has 4 aliphatic rings. The molecule has 1 aromatic carbocycles. The normalized spacial score (nSPS) is 46.8. The van der Waals surface area contributed by atoms with Gasteiger partial charge >= 0.3 is 0 Å². The van der Waals surface area contributed by atoms with Crippen LogP contribution in [0.15, 0.2) is 30.3 Å². The zero-order valence-electron chi connectivity index (χ0n) is 13.2. The minimum Gasteiger partial charge on any atom is -0.153 e. The highest BCUT2D eigenvalue weighted by Crippen LogP contribution is 2.63. The molecule has 7 unspecified atom stereocenters. The Balaban J connectivity index is 1.33. The molecule has 2 heterocycles. The molecule has 2 aliphatic heterocycles. The minimum absolute atomic E-state index is 0.834. The van der Waals surface area contributed by atoms with Gasteiger partial charge in [-0.25, -0.2) is 0 Å². The molecule has 22 heavy (non-hydrogen) atoms. The summed E-state index contributed by atoms with van der Waals surface area (Å²) in [7, 11) is 0. The SMILES string of the molecule is c1ccc(C2CCC3C(C2)SC2C4CCCCC4SC32)cc1. The van der Waals surface area contributed by atoms with Gasteiger partial charge in [0.25, 0.3) is 0 Å². The van der Waals surface area contributed by atoms with Crippen molar-refractivity contribution < 1.29 is 0 Å². The van der Waals surface area contributed by atoms with E-state index in [-0.39, 0.29) is 0 Å². The third-order valence-corrected chi connectivity index (χ3v) is 10.6. The van der Waals surface area contributed by atoms with Crippen molar-refractivity contribution in [1.82, 2.24) is 0 Å². The largest absolute Gasteiger partial charge is 0.153 e. The van der Waals surface area contributed by atoms with Crippen LogP contribution in [0.3, 0.4) is 0 Å². The van der Waals surface area contributed by atoms with Crippen molar-refractivity contribution in [2.45, 2.75) is 71.9 Å². The molecule has 0 spiro atoms. The van der Waals surface area contributed by atoms with Crippen LogP contribution in [0.1, 0.15) is 56.4 Å². The van der Waals surface area contributed by atoms with Crippen molar-refractivity contribution in [3.63, 3.8) is 0 Å². The van der Waals surface area contributed by atoms with Crippen molar-refractivity contribution >= 4 is 23.5 Å². The Morgan fingerprint density at radius 2 is 1.45 bits per heavy atom. The Kier molecular flexibility index (Phi) is 3.75. The highest BCUT2D eigenvalue weighted by atomic mass is 32.2. The first-order valence-electron chi connectivity index (χ1n) is 9.26. The number of benzene rings is 1. The standard InChI is InChI=1S/C20H26S2/c1-2-6-13(7-3-1)14-10-11-16-18(12-14)22-19-15-8-4-5-9-17(15)21-20(16)19/h1-3,6-7,14-20H,4-5,8-12H2. The number of hydrogen-bond acceptors (Lipinski definition) is 2. The summed E-state index contributed by atoms with van der Waals surface area (Å²) in [6, 6.07) is 11.3. The Hall–Kier alpha value is -0.0800. The molecule has 2 heteroatoms. The number of fused-ring (bicyclic) bond motifs is 5. The van der Waals surface area contributed by atoms with Gasteiger partial charge in [0.2, 0.25) is 0 Å². The van der Waals surface area contributed by atoms with Crippen LogP contribution in [0, 0.1) is 11.8 Å². The van der Waals surface area contributed by atoms with Crippen LogP contribution < -0.4 is 0 Å². The van der Waals surface area contributed by atoms with E-state index in [1.54, 1.807) is 5.56 Å². The van der Waals surface area contributed by atoms with E-state index in [1.807, 2.05) is 0 Å². The van der Waals surface area contributed by atoms with E-state index in [0.29, 0.717) is 0 Å². The van der Waals surface area contributed by atoms with E-state index in [9.17, 15) is 0 Å². The van der Waals surface area contributed by atoms with Gasteiger partial charge in [0.15, 0.2) is 0 Å². The predicted molar refractivity (Wildman–Crippen MR) is 98.8 cm³/mol.